The molecule has 0 radical (unpaired) electrons. The van der Waals surface area contributed by atoms with Gasteiger partial charge in [-0.05, 0) is 31.5 Å². The number of nitrogens with zero attached hydrogens (tertiary/aromatic N) is 3. The molecule has 0 saturated carbocycles. The molecule has 0 atom stereocenters. The number of carbonyl (C=O) groups excluding carboxylic acids is 1. The summed E-state index contributed by atoms with van der Waals surface area (Å²) in [6, 6.07) is 9.47. The number of hydrogen-bond donors (Lipinski definition) is 0. The average Bonchev–Trinajstić information content (AvgIpc) is 3.21. The van der Waals surface area contributed by atoms with Crippen LogP contribution in [0.1, 0.15) is 12.0 Å². The molecule has 2 heterocycles. The molecule has 1 aliphatic rings. The average molecular weight is 498 g/mol. The van der Waals surface area contributed by atoms with Gasteiger partial charge >= 0.3 is 0 Å². The number of anilines is 1. The van der Waals surface area contributed by atoms with Crippen molar-refractivity contribution in [1.29, 1.82) is 0 Å². The second-order valence-corrected chi connectivity index (χ2v) is 8.69. The van der Waals surface area contributed by atoms with Gasteiger partial charge in [-0.3, -0.25) is 14.6 Å². The van der Waals surface area contributed by atoms with Crippen LogP contribution in [0.15, 0.2) is 36.4 Å². The van der Waals surface area contributed by atoms with Crippen LogP contribution in [-0.2, 0) is 9.53 Å². The third kappa shape index (κ3) is 6.60. The fraction of sp³-hybridized carbons (Fsp3) is 0.391. The largest absolute Gasteiger partial charge is 0.484 e. The number of morpholine rings is 1. The zero-order valence-electron chi connectivity index (χ0n) is 18.3. The van der Waals surface area contributed by atoms with Crippen LogP contribution in [-0.4, -0.2) is 61.8 Å². The van der Waals surface area contributed by atoms with Crippen molar-refractivity contribution in [2.24, 2.45) is 0 Å². The molecule has 0 spiro atoms. The number of amides is 1. The van der Waals surface area contributed by atoms with Crippen molar-refractivity contribution in [2.45, 2.75) is 13.3 Å². The van der Waals surface area contributed by atoms with E-state index in [1.54, 1.807) is 12.1 Å². The van der Waals surface area contributed by atoms with Gasteiger partial charge in [-0.2, -0.15) is 0 Å². The van der Waals surface area contributed by atoms with E-state index in [9.17, 15) is 13.6 Å². The summed E-state index contributed by atoms with van der Waals surface area (Å²) < 4.78 is 39.2. The molecule has 1 aromatic heterocycles. The van der Waals surface area contributed by atoms with Gasteiger partial charge in [0.25, 0.3) is 5.91 Å². The molecule has 3 aromatic rings. The molecule has 4 rings (SSSR count). The van der Waals surface area contributed by atoms with Crippen LogP contribution in [0.5, 0.6) is 5.75 Å². The summed E-state index contributed by atoms with van der Waals surface area (Å²) in [4.78, 5) is 21.2. The van der Waals surface area contributed by atoms with E-state index in [0.717, 1.165) is 42.6 Å². The van der Waals surface area contributed by atoms with Gasteiger partial charge in [-0.1, -0.05) is 29.0 Å². The molecule has 6 nitrogen and oxygen atoms in total. The van der Waals surface area contributed by atoms with Crippen LogP contribution in [0.25, 0.3) is 10.2 Å². The Morgan fingerprint density at radius 3 is 2.67 bits per heavy atom. The molecule has 2 aromatic carbocycles. The molecule has 178 valence electrons. The SMILES string of the molecule is Cc1ccc(OCC(=O)N(CCCN2CCOCC2)c2nc3c(F)cc(F)cc3s2)cc1.Cl. The van der Waals surface area contributed by atoms with Crippen molar-refractivity contribution < 1.29 is 23.0 Å². The fourth-order valence-electron chi connectivity index (χ4n) is 3.52. The van der Waals surface area contributed by atoms with Crippen LogP contribution < -0.4 is 9.64 Å². The summed E-state index contributed by atoms with van der Waals surface area (Å²) in [5, 5.41) is 0.337. The molecule has 0 N–H and O–H groups in total. The molecule has 0 bridgehead atoms. The van der Waals surface area contributed by atoms with Gasteiger partial charge in [0, 0.05) is 32.2 Å². The van der Waals surface area contributed by atoms with Gasteiger partial charge in [0.1, 0.15) is 17.1 Å². The number of ether oxygens (including phenoxy) is 2. The lowest BCUT2D eigenvalue weighted by Crippen LogP contribution is -2.40. The standard InChI is InChI=1S/C23H25F2N3O3S.ClH/c1-16-3-5-18(6-4-16)31-15-21(29)28(8-2-7-27-9-11-30-12-10-27)23-26-22-19(25)13-17(24)14-20(22)32-23;/h3-6,13-14H,2,7-12,15H2,1H3;1H. The van der Waals surface area contributed by atoms with Crippen molar-refractivity contribution >= 4 is 45.0 Å². The molecule has 1 saturated heterocycles. The summed E-state index contributed by atoms with van der Waals surface area (Å²) in [7, 11) is 0. The first kappa shape index (κ1) is 25.3. The number of halogens is 3. The first-order valence-electron chi connectivity index (χ1n) is 10.5. The highest BCUT2D eigenvalue weighted by molar-refractivity contribution is 7.22. The van der Waals surface area contributed by atoms with Crippen molar-refractivity contribution in [1.82, 2.24) is 9.88 Å². The molecule has 1 amide bonds. The van der Waals surface area contributed by atoms with E-state index in [2.05, 4.69) is 9.88 Å². The quantitative estimate of drug-likeness (QED) is 0.460. The van der Waals surface area contributed by atoms with Gasteiger partial charge in [0.15, 0.2) is 17.6 Å². The number of aryl methyl sites for hydroxylation is 1. The number of thiazole rings is 1. The molecule has 0 aliphatic carbocycles. The lowest BCUT2D eigenvalue weighted by Gasteiger charge is -2.27. The Balaban J connectivity index is 0.00000306. The summed E-state index contributed by atoms with van der Waals surface area (Å²) in [6.07, 6.45) is 0.711. The number of aromatic nitrogens is 1. The van der Waals surface area contributed by atoms with Gasteiger partial charge in [0.05, 0.1) is 17.9 Å². The number of rotatable bonds is 8. The molecule has 1 aliphatic heterocycles. The lowest BCUT2D eigenvalue weighted by molar-refractivity contribution is -0.120. The smallest absolute Gasteiger partial charge is 0.266 e. The normalized spacial score (nSPS) is 14.2. The minimum atomic E-state index is -0.737. The Labute approximate surface area is 201 Å². The maximum absolute atomic E-state index is 14.2. The van der Waals surface area contributed by atoms with Crippen LogP contribution in [0, 0.1) is 18.6 Å². The Kier molecular flexibility index (Phi) is 8.96. The minimum Gasteiger partial charge on any atom is -0.484 e. The van der Waals surface area contributed by atoms with E-state index >= 15 is 0 Å². The second-order valence-electron chi connectivity index (χ2n) is 7.69. The minimum absolute atomic E-state index is 0. The second kappa shape index (κ2) is 11.7. The van der Waals surface area contributed by atoms with E-state index in [-0.39, 0.29) is 30.4 Å². The number of carbonyl (C=O) groups is 1. The van der Waals surface area contributed by atoms with Crippen LogP contribution in [0.4, 0.5) is 13.9 Å². The third-order valence-corrected chi connectivity index (χ3v) is 6.30. The summed E-state index contributed by atoms with van der Waals surface area (Å²) >= 11 is 1.10. The maximum Gasteiger partial charge on any atom is 0.266 e. The van der Waals surface area contributed by atoms with Crippen LogP contribution in [0.3, 0.4) is 0 Å². The van der Waals surface area contributed by atoms with E-state index < -0.39 is 11.6 Å². The van der Waals surface area contributed by atoms with Crippen molar-refractivity contribution in [3.63, 3.8) is 0 Å². The molecule has 0 unspecified atom stereocenters. The summed E-state index contributed by atoms with van der Waals surface area (Å²) in [5.41, 5.74) is 1.16. The van der Waals surface area contributed by atoms with Crippen molar-refractivity contribution in [3.05, 3.63) is 53.6 Å². The Hall–Kier alpha value is -2.33. The Morgan fingerprint density at radius 1 is 1.21 bits per heavy atom. The Bertz CT molecular complexity index is 1070. The predicted octanol–water partition coefficient (Wildman–Crippen LogP) is 4.44. The topological polar surface area (TPSA) is 54.9 Å². The third-order valence-electron chi connectivity index (χ3n) is 5.28. The first-order valence-corrected chi connectivity index (χ1v) is 11.4. The van der Waals surface area contributed by atoms with Crippen LogP contribution >= 0.6 is 23.7 Å². The van der Waals surface area contributed by atoms with Crippen molar-refractivity contribution in [3.8, 4) is 5.75 Å². The van der Waals surface area contributed by atoms with E-state index in [1.807, 2.05) is 19.1 Å². The molecule has 1 fully saturated rings. The van der Waals surface area contributed by atoms with E-state index in [1.165, 1.54) is 11.0 Å². The van der Waals surface area contributed by atoms with Crippen LogP contribution in [0.2, 0.25) is 0 Å². The molecular weight excluding hydrogens is 472 g/mol. The number of fused-ring (bicyclic) bond motifs is 1. The maximum atomic E-state index is 14.2. The van der Waals surface area contributed by atoms with Gasteiger partial charge in [-0.15, -0.1) is 12.4 Å². The fourth-order valence-corrected chi connectivity index (χ4v) is 4.57. The molecule has 10 heteroatoms. The van der Waals surface area contributed by atoms with E-state index in [0.29, 0.717) is 41.8 Å². The summed E-state index contributed by atoms with van der Waals surface area (Å²) in [6.45, 7) is 6.13. The van der Waals surface area contributed by atoms with Gasteiger partial charge in [0.2, 0.25) is 0 Å². The molecular formula is C23H26ClF2N3O3S. The highest BCUT2D eigenvalue weighted by atomic mass is 35.5. The first-order chi connectivity index (χ1) is 15.5. The monoisotopic (exact) mass is 497 g/mol. The Morgan fingerprint density at radius 2 is 1.94 bits per heavy atom. The summed E-state index contributed by atoms with van der Waals surface area (Å²) in [5.74, 6) is -1.10. The number of benzene rings is 2. The zero-order valence-corrected chi connectivity index (χ0v) is 19.9. The molecule has 33 heavy (non-hydrogen) atoms. The van der Waals surface area contributed by atoms with Gasteiger partial charge < -0.3 is 9.47 Å². The van der Waals surface area contributed by atoms with Gasteiger partial charge in [-0.25, -0.2) is 13.8 Å². The highest BCUT2D eigenvalue weighted by Crippen LogP contribution is 2.31. The van der Waals surface area contributed by atoms with Crippen molar-refractivity contribution in [2.75, 3.05) is 50.9 Å². The van der Waals surface area contributed by atoms with E-state index in [4.69, 9.17) is 9.47 Å². The zero-order chi connectivity index (χ0) is 22.5. The lowest BCUT2D eigenvalue weighted by atomic mass is 10.2. The predicted molar refractivity (Wildman–Crippen MR) is 128 cm³/mol. The number of hydrogen-bond acceptors (Lipinski definition) is 6. The highest BCUT2D eigenvalue weighted by Gasteiger charge is 2.22.